The second kappa shape index (κ2) is 17.7. The van der Waals surface area contributed by atoms with E-state index in [1.165, 1.54) is 59.5 Å². The lowest BCUT2D eigenvalue weighted by Gasteiger charge is -2.37. The first-order valence-corrected chi connectivity index (χ1v) is 20.7. The molecule has 10 nitrogen and oxygen atoms in total. The molecule has 4 aromatic carbocycles. The highest BCUT2D eigenvalue weighted by atomic mass is 35.5. The number of nitrogens with one attached hydrogen (secondary N) is 1. The molecule has 278 valence electrons. The Labute approximate surface area is 321 Å². The highest BCUT2D eigenvalue weighted by Gasteiger charge is 2.34. The van der Waals surface area contributed by atoms with Crippen LogP contribution in [0, 0.1) is 10.1 Å². The van der Waals surface area contributed by atoms with E-state index in [2.05, 4.69) is 27.4 Å². The molecule has 1 saturated heterocycles. The van der Waals surface area contributed by atoms with Gasteiger partial charge in [-0.25, -0.2) is 5.43 Å². The van der Waals surface area contributed by atoms with Crippen molar-refractivity contribution in [3.63, 3.8) is 0 Å². The molecule has 1 N–H and O–H groups in total. The lowest BCUT2D eigenvalue weighted by Crippen LogP contribution is -2.50. The summed E-state index contributed by atoms with van der Waals surface area (Å²) in [5.74, 6) is -0.778. The lowest BCUT2D eigenvalue weighted by molar-refractivity contribution is -0.385. The van der Waals surface area contributed by atoms with Gasteiger partial charge in [-0.3, -0.25) is 19.8 Å². The number of piperazine rings is 1. The number of anilines is 1. The maximum absolute atomic E-state index is 14.2. The minimum Gasteiger partial charge on any atom is -0.369 e. The molecule has 1 heterocycles. The predicted molar refractivity (Wildman–Crippen MR) is 213 cm³/mol. The minimum atomic E-state index is -4.55. The summed E-state index contributed by atoms with van der Waals surface area (Å²) in [7, 11) is -4.55. The lowest BCUT2D eigenvalue weighted by atomic mass is 9.87. The van der Waals surface area contributed by atoms with Crippen LogP contribution in [0.3, 0.4) is 0 Å². The third-order valence-corrected chi connectivity index (χ3v) is 12.6. The van der Waals surface area contributed by atoms with Crippen LogP contribution in [-0.4, -0.2) is 66.7 Å². The number of nitro groups is 1. The van der Waals surface area contributed by atoms with Crippen molar-refractivity contribution in [3.05, 3.63) is 135 Å². The van der Waals surface area contributed by atoms with E-state index in [9.17, 15) is 23.3 Å². The number of nitro benzene ring substituents is 1. The second-order valence-electron chi connectivity index (χ2n) is 13.3. The smallest absolute Gasteiger partial charge is 0.282 e. The predicted octanol–water partition coefficient (Wildman–Crippen LogP) is 8.65. The molecular formula is C40H44ClN5O5S2. The molecular weight excluding hydrogens is 730 g/mol. The van der Waals surface area contributed by atoms with E-state index in [-0.39, 0.29) is 16.1 Å². The van der Waals surface area contributed by atoms with E-state index >= 15 is 0 Å². The molecule has 53 heavy (non-hydrogen) atoms. The molecule has 0 spiro atoms. The Morgan fingerprint density at radius 3 is 2.30 bits per heavy atom. The number of thioether (sulfide) groups is 1. The molecule has 1 unspecified atom stereocenters. The quantitative estimate of drug-likeness (QED) is 0.0582. The molecule has 13 heteroatoms. The maximum atomic E-state index is 14.2. The summed E-state index contributed by atoms with van der Waals surface area (Å²) in [5, 5.41) is 11.8. The van der Waals surface area contributed by atoms with Crippen LogP contribution in [0.2, 0.25) is 5.02 Å². The number of carbonyl (C=O) groups excluding carboxylic acids is 1. The average molecular weight is 774 g/mol. The van der Waals surface area contributed by atoms with Crippen molar-refractivity contribution >= 4 is 56.2 Å². The van der Waals surface area contributed by atoms with Crippen LogP contribution in [-0.2, 0) is 10.0 Å². The standard InChI is InChI=1S/C40H44ClN5O5S2/c1-2-9-39(52-36-12-4-3-5-13-36)42-45(53(50,51)37-14-8-11-35(28-37)46(48)49)40(47)31-18-22-34(23-19-31)44-26-24-43(25-27-44)29-32-10-6-7-15-38(32)30-16-20-33(41)21-17-30/h3-5,8,11-14,16-23,28,39,42H,2,6-7,9-10,15,24-27,29H2,1H3. The van der Waals surface area contributed by atoms with Crippen LogP contribution in [0.1, 0.15) is 61.4 Å². The highest BCUT2D eigenvalue weighted by molar-refractivity contribution is 8.00. The van der Waals surface area contributed by atoms with E-state index in [4.69, 9.17) is 11.6 Å². The van der Waals surface area contributed by atoms with Crippen LogP contribution in [0.5, 0.6) is 0 Å². The fraction of sp³-hybridized carbons (Fsp3) is 0.325. The molecule has 4 aromatic rings. The fourth-order valence-electron chi connectivity index (χ4n) is 6.81. The molecule has 1 aliphatic carbocycles. The molecule has 6 rings (SSSR count). The van der Waals surface area contributed by atoms with E-state index in [1.807, 2.05) is 61.5 Å². The van der Waals surface area contributed by atoms with Crippen LogP contribution < -0.4 is 10.3 Å². The van der Waals surface area contributed by atoms with Crippen molar-refractivity contribution in [1.29, 1.82) is 0 Å². The maximum Gasteiger partial charge on any atom is 0.282 e. The van der Waals surface area contributed by atoms with Gasteiger partial charge in [-0.1, -0.05) is 66.9 Å². The number of nitrogens with zero attached hydrogens (tertiary/aromatic N) is 4. The van der Waals surface area contributed by atoms with Crippen molar-refractivity contribution in [3.8, 4) is 0 Å². The Morgan fingerprint density at radius 1 is 0.925 bits per heavy atom. The monoisotopic (exact) mass is 773 g/mol. The third kappa shape index (κ3) is 9.68. The number of benzene rings is 4. The van der Waals surface area contributed by atoms with Crippen molar-refractivity contribution in [2.45, 2.75) is 60.6 Å². The molecule has 1 fully saturated rings. The highest BCUT2D eigenvalue weighted by Crippen LogP contribution is 2.34. The minimum absolute atomic E-state index is 0.174. The number of carbonyl (C=O) groups is 1. The molecule has 2 aliphatic rings. The molecule has 0 aromatic heterocycles. The fourth-order valence-corrected chi connectivity index (χ4v) is 9.48. The van der Waals surface area contributed by atoms with E-state index in [0.717, 1.165) is 73.7 Å². The number of rotatable bonds is 14. The first-order chi connectivity index (χ1) is 25.6. The van der Waals surface area contributed by atoms with Gasteiger partial charge in [0.1, 0.15) is 0 Å². The van der Waals surface area contributed by atoms with Gasteiger partial charge in [0, 0.05) is 66.0 Å². The van der Waals surface area contributed by atoms with Gasteiger partial charge in [-0.15, -0.1) is 11.8 Å². The normalized spacial score (nSPS) is 16.0. The average Bonchev–Trinajstić information content (AvgIpc) is 3.18. The van der Waals surface area contributed by atoms with Crippen molar-refractivity contribution in [2.24, 2.45) is 0 Å². The summed E-state index contributed by atoms with van der Waals surface area (Å²) >= 11 is 7.57. The van der Waals surface area contributed by atoms with Gasteiger partial charge >= 0.3 is 0 Å². The zero-order valence-electron chi connectivity index (χ0n) is 29.7. The Balaban J connectivity index is 1.18. The number of halogens is 1. The second-order valence-corrected chi connectivity index (χ2v) is 16.8. The van der Waals surface area contributed by atoms with Gasteiger partial charge < -0.3 is 4.90 Å². The molecule has 0 saturated carbocycles. The summed E-state index contributed by atoms with van der Waals surface area (Å²) in [6, 6.07) is 29.4. The first kappa shape index (κ1) is 38.5. The first-order valence-electron chi connectivity index (χ1n) is 18.0. The van der Waals surface area contributed by atoms with Gasteiger partial charge in [-0.05, 0) is 97.8 Å². The summed E-state index contributed by atoms with van der Waals surface area (Å²) < 4.78 is 28.9. The van der Waals surface area contributed by atoms with Crippen LogP contribution in [0.15, 0.2) is 118 Å². The van der Waals surface area contributed by atoms with Crippen molar-refractivity contribution < 1.29 is 18.1 Å². The van der Waals surface area contributed by atoms with Crippen LogP contribution in [0.25, 0.3) is 5.57 Å². The van der Waals surface area contributed by atoms with Gasteiger partial charge in [0.2, 0.25) is 0 Å². The summed E-state index contributed by atoms with van der Waals surface area (Å²) in [6.45, 7) is 6.36. The van der Waals surface area contributed by atoms with Gasteiger partial charge in [0.25, 0.3) is 21.6 Å². The molecule has 0 bridgehead atoms. The molecule has 1 atom stereocenters. The third-order valence-electron chi connectivity index (χ3n) is 9.63. The van der Waals surface area contributed by atoms with Crippen LogP contribution >= 0.6 is 23.4 Å². The number of hydrazine groups is 1. The van der Waals surface area contributed by atoms with Gasteiger partial charge in [0.15, 0.2) is 0 Å². The number of hydrogen-bond acceptors (Lipinski definition) is 9. The summed E-state index contributed by atoms with van der Waals surface area (Å²) in [4.78, 5) is 30.3. The SMILES string of the molecule is CCCC(NN(C(=O)c1ccc(N2CCN(CC3=C(c4ccc(Cl)cc4)CCCC3)CC2)cc1)S(=O)(=O)c1cccc([N+](=O)[O-])c1)Sc1ccccc1. The number of non-ortho nitro benzene ring substituents is 1. The zero-order chi connectivity index (χ0) is 37.4. The zero-order valence-corrected chi connectivity index (χ0v) is 32.1. The molecule has 1 aliphatic heterocycles. The topological polar surface area (TPSA) is 116 Å². The number of hydrogen-bond donors (Lipinski definition) is 1. The summed E-state index contributed by atoms with van der Waals surface area (Å²) in [6.07, 6.45) is 5.89. The molecule has 1 amide bonds. The van der Waals surface area contributed by atoms with Crippen molar-refractivity contribution in [2.75, 3.05) is 37.6 Å². The molecule has 0 radical (unpaired) electrons. The van der Waals surface area contributed by atoms with E-state index < -0.39 is 26.2 Å². The van der Waals surface area contributed by atoms with Gasteiger partial charge in [-0.2, -0.15) is 12.8 Å². The number of sulfonamides is 1. The van der Waals surface area contributed by atoms with Crippen LogP contribution in [0.4, 0.5) is 11.4 Å². The number of allylic oxidation sites excluding steroid dienone is 1. The Morgan fingerprint density at radius 2 is 1.62 bits per heavy atom. The number of amides is 1. The van der Waals surface area contributed by atoms with Gasteiger partial charge in [0.05, 0.1) is 15.2 Å². The van der Waals surface area contributed by atoms with E-state index in [1.54, 1.807) is 12.1 Å². The summed E-state index contributed by atoms with van der Waals surface area (Å²) in [5.41, 5.74) is 7.95. The largest absolute Gasteiger partial charge is 0.369 e. The Hall–Kier alpha value is -4.20. The Kier molecular flexibility index (Phi) is 12.9. The van der Waals surface area contributed by atoms with E-state index in [0.29, 0.717) is 10.8 Å². The van der Waals surface area contributed by atoms with Crippen molar-refractivity contribution in [1.82, 2.24) is 14.7 Å². The Bertz CT molecular complexity index is 2020.